The summed E-state index contributed by atoms with van der Waals surface area (Å²) in [6, 6.07) is 17.6. The van der Waals surface area contributed by atoms with Gasteiger partial charge in [-0.3, -0.25) is 5.32 Å². The van der Waals surface area contributed by atoms with Crippen LogP contribution in [0.15, 0.2) is 54.6 Å². The maximum absolute atomic E-state index is 12.0. The highest BCUT2D eigenvalue weighted by Crippen LogP contribution is 2.22. The van der Waals surface area contributed by atoms with E-state index in [0.29, 0.717) is 5.13 Å². The Morgan fingerprint density at radius 1 is 1.00 bits per heavy atom. The second-order valence-electron chi connectivity index (χ2n) is 5.42. The van der Waals surface area contributed by atoms with Crippen LogP contribution in [0.5, 0.6) is 0 Å². The Morgan fingerprint density at radius 3 is 2.52 bits per heavy atom. The van der Waals surface area contributed by atoms with Crippen molar-refractivity contribution in [2.75, 3.05) is 10.6 Å². The largest absolute Gasteiger partial charge is 0.325 e. The molecule has 2 aromatic carbocycles. The Bertz CT molecular complexity index is 819. The SMILES string of the molecule is Cc1ccc(NC(=O)Nc2nnc(CSCc3ccccc3)s2)cc1. The number of thioether (sulfide) groups is 1. The summed E-state index contributed by atoms with van der Waals surface area (Å²) >= 11 is 3.17. The van der Waals surface area contributed by atoms with Crippen LogP contribution in [0.3, 0.4) is 0 Å². The van der Waals surface area contributed by atoms with Gasteiger partial charge >= 0.3 is 6.03 Å². The van der Waals surface area contributed by atoms with Crippen LogP contribution in [0, 0.1) is 6.92 Å². The van der Waals surface area contributed by atoms with Crippen LogP contribution >= 0.6 is 23.1 Å². The maximum atomic E-state index is 12.0. The number of nitrogens with one attached hydrogen (secondary N) is 2. The summed E-state index contributed by atoms with van der Waals surface area (Å²) in [5.41, 5.74) is 3.17. The van der Waals surface area contributed by atoms with Gasteiger partial charge in [-0.05, 0) is 24.6 Å². The molecule has 0 saturated carbocycles. The first kappa shape index (κ1) is 17.4. The normalized spacial score (nSPS) is 10.4. The maximum Gasteiger partial charge on any atom is 0.325 e. The molecule has 1 aromatic heterocycles. The van der Waals surface area contributed by atoms with Gasteiger partial charge in [0.15, 0.2) is 0 Å². The number of nitrogens with zero attached hydrogens (tertiary/aromatic N) is 2. The molecule has 0 unspecified atom stereocenters. The molecule has 0 aliphatic heterocycles. The molecule has 1 heterocycles. The van der Waals surface area contributed by atoms with Crippen molar-refractivity contribution in [3.8, 4) is 0 Å². The lowest BCUT2D eigenvalue weighted by Crippen LogP contribution is -2.19. The third-order valence-electron chi connectivity index (χ3n) is 3.33. The van der Waals surface area contributed by atoms with Crippen molar-refractivity contribution in [2.24, 2.45) is 0 Å². The minimum atomic E-state index is -0.316. The highest BCUT2D eigenvalue weighted by molar-refractivity contribution is 7.97. The van der Waals surface area contributed by atoms with Gasteiger partial charge in [-0.15, -0.1) is 22.0 Å². The van der Waals surface area contributed by atoms with E-state index in [4.69, 9.17) is 0 Å². The molecule has 0 spiro atoms. The second kappa shape index (κ2) is 8.64. The van der Waals surface area contributed by atoms with Crippen molar-refractivity contribution < 1.29 is 4.79 Å². The van der Waals surface area contributed by atoms with E-state index < -0.39 is 0 Å². The van der Waals surface area contributed by atoms with Crippen molar-refractivity contribution in [1.29, 1.82) is 0 Å². The molecule has 128 valence electrons. The Balaban J connectivity index is 1.46. The number of benzene rings is 2. The molecule has 25 heavy (non-hydrogen) atoms. The molecule has 2 amide bonds. The lowest BCUT2D eigenvalue weighted by Gasteiger charge is -2.05. The van der Waals surface area contributed by atoms with Gasteiger partial charge in [0.2, 0.25) is 5.13 Å². The number of amides is 2. The molecule has 2 N–H and O–H groups in total. The quantitative estimate of drug-likeness (QED) is 0.646. The number of hydrogen-bond donors (Lipinski definition) is 2. The van der Waals surface area contributed by atoms with Gasteiger partial charge < -0.3 is 5.32 Å². The molecule has 7 heteroatoms. The standard InChI is InChI=1S/C18H18N4OS2/c1-13-7-9-15(10-8-13)19-17(23)20-18-22-21-16(25-18)12-24-11-14-5-3-2-4-6-14/h2-10H,11-12H2,1H3,(H2,19,20,22,23). The number of anilines is 2. The van der Waals surface area contributed by atoms with Crippen molar-refractivity contribution in [3.05, 3.63) is 70.7 Å². The van der Waals surface area contributed by atoms with E-state index in [0.717, 1.165) is 27.8 Å². The minimum absolute atomic E-state index is 0.316. The summed E-state index contributed by atoms with van der Waals surface area (Å²) in [5, 5.41) is 15.0. The molecule has 0 fully saturated rings. The van der Waals surface area contributed by atoms with Crippen LogP contribution in [0.2, 0.25) is 0 Å². The van der Waals surface area contributed by atoms with Crippen LogP contribution in [0.25, 0.3) is 0 Å². The zero-order chi connectivity index (χ0) is 17.5. The van der Waals surface area contributed by atoms with Gasteiger partial charge in [-0.2, -0.15) is 0 Å². The summed E-state index contributed by atoms with van der Waals surface area (Å²) < 4.78 is 0. The molecule has 0 bridgehead atoms. The number of hydrogen-bond acceptors (Lipinski definition) is 5. The molecule has 0 saturated heterocycles. The van der Waals surface area contributed by atoms with E-state index in [1.54, 1.807) is 11.8 Å². The molecule has 0 radical (unpaired) electrons. The number of urea groups is 1. The van der Waals surface area contributed by atoms with E-state index in [1.807, 2.05) is 49.4 Å². The lowest BCUT2D eigenvalue weighted by molar-refractivity contribution is 0.262. The van der Waals surface area contributed by atoms with Gasteiger partial charge in [0.25, 0.3) is 0 Å². The Labute approximate surface area is 154 Å². The molecular formula is C18H18N4OS2. The first-order chi connectivity index (χ1) is 12.2. The third kappa shape index (κ3) is 5.58. The van der Waals surface area contributed by atoms with Gasteiger partial charge in [0.1, 0.15) is 5.01 Å². The van der Waals surface area contributed by atoms with Crippen LogP contribution in [0.4, 0.5) is 15.6 Å². The van der Waals surface area contributed by atoms with Crippen LogP contribution in [-0.2, 0) is 11.5 Å². The summed E-state index contributed by atoms with van der Waals surface area (Å²) in [6.07, 6.45) is 0. The summed E-state index contributed by atoms with van der Waals surface area (Å²) in [4.78, 5) is 12.0. The first-order valence-corrected chi connectivity index (χ1v) is 9.75. The van der Waals surface area contributed by atoms with Gasteiger partial charge in [0, 0.05) is 17.2 Å². The molecule has 0 aliphatic carbocycles. The van der Waals surface area contributed by atoms with Crippen molar-refractivity contribution in [2.45, 2.75) is 18.4 Å². The first-order valence-electron chi connectivity index (χ1n) is 7.78. The lowest BCUT2D eigenvalue weighted by atomic mass is 10.2. The fraction of sp³-hybridized carbons (Fsp3) is 0.167. The third-order valence-corrected chi connectivity index (χ3v) is 5.37. The van der Waals surface area contributed by atoms with Crippen molar-refractivity contribution >= 4 is 39.9 Å². The average molecular weight is 371 g/mol. The van der Waals surface area contributed by atoms with Crippen LogP contribution < -0.4 is 10.6 Å². The number of aryl methyl sites for hydroxylation is 1. The van der Waals surface area contributed by atoms with Gasteiger partial charge in [-0.25, -0.2) is 4.79 Å². The van der Waals surface area contributed by atoms with Crippen LogP contribution in [0.1, 0.15) is 16.1 Å². The molecule has 3 rings (SSSR count). The number of carbonyl (C=O) groups excluding carboxylic acids is 1. The van der Waals surface area contributed by atoms with Gasteiger partial charge in [0.05, 0.1) is 0 Å². The summed E-state index contributed by atoms with van der Waals surface area (Å²) in [5.74, 6) is 1.70. The Kier molecular flexibility index (Phi) is 6.03. The molecule has 5 nitrogen and oxygen atoms in total. The van der Waals surface area contributed by atoms with Crippen molar-refractivity contribution in [3.63, 3.8) is 0 Å². The predicted octanol–water partition coefficient (Wildman–Crippen LogP) is 4.92. The predicted molar refractivity (Wildman–Crippen MR) is 105 cm³/mol. The Morgan fingerprint density at radius 2 is 1.76 bits per heavy atom. The van der Waals surface area contributed by atoms with E-state index in [2.05, 4.69) is 33.0 Å². The fourth-order valence-electron chi connectivity index (χ4n) is 2.09. The number of aromatic nitrogens is 2. The number of rotatable bonds is 6. The van der Waals surface area contributed by atoms with E-state index in [-0.39, 0.29) is 6.03 Å². The topological polar surface area (TPSA) is 66.9 Å². The monoisotopic (exact) mass is 370 g/mol. The second-order valence-corrected chi connectivity index (χ2v) is 7.47. The number of carbonyl (C=O) groups is 1. The van der Waals surface area contributed by atoms with E-state index in [1.165, 1.54) is 16.9 Å². The van der Waals surface area contributed by atoms with Crippen LogP contribution in [-0.4, -0.2) is 16.2 Å². The molecule has 3 aromatic rings. The fourth-order valence-corrected chi connectivity index (χ4v) is 3.87. The zero-order valence-electron chi connectivity index (χ0n) is 13.7. The highest BCUT2D eigenvalue weighted by atomic mass is 32.2. The van der Waals surface area contributed by atoms with E-state index >= 15 is 0 Å². The smallest absolute Gasteiger partial charge is 0.308 e. The minimum Gasteiger partial charge on any atom is -0.308 e. The average Bonchev–Trinajstić information content (AvgIpc) is 3.05. The molecule has 0 atom stereocenters. The molecule has 0 aliphatic rings. The van der Waals surface area contributed by atoms with Crippen molar-refractivity contribution in [1.82, 2.24) is 10.2 Å². The zero-order valence-corrected chi connectivity index (χ0v) is 15.4. The van der Waals surface area contributed by atoms with E-state index in [9.17, 15) is 4.79 Å². The molecular weight excluding hydrogens is 352 g/mol. The highest BCUT2D eigenvalue weighted by Gasteiger charge is 2.08. The Hall–Kier alpha value is -2.38. The summed E-state index contributed by atoms with van der Waals surface area (Å²) in [6.45, 7) is 2.00. The van der Waals surface area contributed by atoms with Gasteiger partial charge in [-0.1, -0.05) is 59.4 Å². The summed E-state index contributed by atoms with van der Waals surface area (Å²) in [7, 11) is 0.